The van der Waals surface area contributed by atoms with Crippen molar-refractivity contribution < 1.29 is 0 Å². The van der Waals surface area contributed by atoms with Crippen molar-refractivity contribution >= 4 is 5.69 Å². The van der Waals surface area contributed by atoms with Crippen molar-refractivity contribution in [2.75, 3.05) is 26.2 Å². The lowest BCUT2D eigenvalue weighted by atomic mass is 10.1. The summed E-state index contributed by atoms with van der Waals surface area (Å²) in [7, 11) is 0. The lowest BCUT2D eigenvalue weighted by Gasteiger charge is -2.32. The molecule has 2 aromatic carbocycles. The third-order valence-corrected chi connectivity index (χ3v) is 4.29. The van der Waals surface area contributed by atoms with Gasteiger partial charge >= 0.3 is 0 Å². The fourth-order valence-electron chi connectivity index (χ4n) is 2.73. The summed E-state index contributed by atoms with van der Waals surface area (Å²) in [5, 5.41) is 19.4. The van der Waals surface area contributed by atoms with E-state index in [-0.39, 0.29) is 0 Å². The van der Waals surface area contributed by atoms with E-state index in [1.54, 1.807) is 12.1 Å². The van der Waals surface area contributed by atoms with Crippen molar-refractivity contribution in [2.24, 2.45) is 10.3 Å². The first-order valence-electron chi connectivity index (χ1n) is 8.18. The summed E-state index contributed by atoms with van der Waals surface area (Å²) < 4.78 is 0. The van der Waals surface area contributed by atoms with Crippen LogP contribution in [0.4, 0.5) is 5.69 Å². The third kappa shape index (κ3) is 4.18. The molecule has 0 N–H and O–H groups in total. The van der Waals surface area contributed by atoms with Crippen molar-refractivity contribution in [3.8, 4) is 6.07 Å². The van der Waals surface area contributed by atoms with E-state index in [4.69, 9.17) is 5.26 Å². The average Bonchev–Trinajstić information content (AvgIpc) is 2.63. The maximum atomic E-state index is 8.79. The SMILES string of the molecule is Cc1ccccc1CN1CCN(/N=N/c2ccc(C#N)cc2)CC1. The molecule has 0 atom stereocenters. The van der Waals surface area contributed by atoms with E-state index in [2.05, 4.69) is 52.5 Å². The van der Waals surface area contributed by atoms with Gasteiger partial charge in [0, 0.05) is 19.6 Å². The van der Waals surface area contributed by atoms with Crippen LogP contribution in [0.1, 0.15) is 16.7 Å². The van der Waals surface area contributed by atoms with Crippen LogP contribution in [0.5, 0.6) is 0 Å². The molecule has 5 heteroatoms. The van der Waals surface area contributed by atoms with Gasteiger partial charge in [-0.05, 0) is 42.3 Å². The number of nitrogens with zero attached hydrogens (tertiary/aromatic N) is 5. The Bertz CT molecular complexity index is 737. The molecule has 1 aliphatic rings. The van der Waals surface area contributed by atoms with Crippen LogP contribution in [0.15, 0.2) is 58.9 Å². The Morgan fingerprint density at radius 3 is 2.38 bits per heavy atom. The fourth-order valence-corrected chi connectivity index (χ4v) is 2.73. The average molecular weight is 319 g/mol. The third-order valence-electron chi connectivity index (χ3n) is 4.29. The van der Waals surface area contributed by atoms with Crippen molar-refractivity contribution in [3.05, 3.63) is 65.2 Å². The molecular formula is C19H21N5. The first kappa shape index (κ1) is 16.2. The molecule has 0 bridgehead atoms. The second-order valence-electron chi connectivity index (χ2n) is 6.00. The van der Waals surface area contributed by atoms with Crippen LogP contribution in [-0.2, 0) is 6.54 Å². The molecule has 1 fully saturated rings. The smallest absolute Gasteiger partial charge is 0.0991 e. The van der Waals surface area contributed by atoms with Gasteiger partial charge < -0.3 is 0 Å². The minimum absolute atomic E-state index is 0.638. The predicted molar refractivity (Wildman–Crippen MR) is 93.7 cm³/mol. The van der Waals surface area contributed by atoms with Gasteiger partial charge in [-0.1, -0.05) is 29.5 Å². The zero-order valence-electron chi connectivity index (χ0n) is 13.9. The van der Waals surface area contributed by atoms with Gasteiger partial charge in [0.1, 0.15) is 0 Å². The van der Waals surface area contributed by atoms with Crippen molar-refractivity contribution in [2.45, 2.75) is 13.5 Å². The predicted octanol–water partition coefficient (Wildman–Crippen LogP) is 3.68. The topological polar surface area (TPSA) is 55.0 Å². The molecule has 122 valence electrons. The lowest BCUT2D eigenvalue weighted by Crippen LogP contribution is -2.43. The monoisotopic (exact) mass is 319 g/mol. The molecule has 0 saturated carbocycles. The number of rotatable bonds is 4. The Hall–Kier alpha value is -2.71. The minimum atomic E-state index is 0.638. The Morgan fingerprint density at radius 2 is 1.71 bits per heavy atom. The Kier molecular flexibility index (Phi) is 5.19. The van der Waals surface area contributed by atoms with Crippen LogP contribution in [0.2, 0.25) is 0 Å². The highest BCUT2D eigenvalue weighted by Gasteiger charge is 2.16. The first-order chi connectivity index (χ1) is 11.7. The molecule has 1 aliphatic heterocycles. The summed E-state index contributed by atoms with van der Waals surface area (Å²) in [6, 6.07) is 17.8. The van der Waals surface area contributed by atoms with Gasteiger partial charge in [0.25, 0.3) is 0 Å². The van der Waals surface area contributed by atoms with E-state index >= 15 is 0 Å². The van der Waals surface area contributed by atoms with Gasteiger partial charge in [-0.2, -0.15) is 5.26 Å². The Morgan fingerprint density at radius 1 is 1.00 bits per heavy atom. The molecule has 1 heterocycles. The summed E-state index contributed by atoms with van der Waals surface area (Å²) in [5.41, 5.74) is 4.15. The normalized spacial score (nSPS) is 15.6. The summed E-state index contributed by atoms with van der Waals surface area (Å²) in [6.07, 6.45) is 0. The van der Waals surface area contributed by atoms with Crippen LogP contribution in [0, 0.1) is 18.3 Å². The van der Waals surface area contributed by atoms with Crippen molar-refractivity contribution in [3.63, 3.8) is 0 Å². The Labute approximate surface area is 142 Å². The maximum Gasteiger partial charge on any atom is 0.0991 e. The quantitative estimate of drug-likeness (QED) is 0.808. The number of hydrogen-bond donors (Lipinski definition) is 0. The zero-order chi connectivity index (χ0) is 16.8. The molecule has 5 nitrogen and oxygen atoms in total. The second-order valence-corrected chi connectivity index (χ2v) is 6.00. The molecule has 2 aromatic rings. The lowest BCUT2D eigenvalue weighted by molar-refractivity contribution is 0.124. The van der Waals surface area contributed by atoms with Gasteiger partial charge in [0.05, 0.1) is 30.4 Å². The first-order valence-corrected chi connectivity index (χ1v) is 8.18. The van der Waals surface area contributed by atoms with Crippen LogP contribution >= 0.6 is 0 Å². The highest BCUT2D eigenvalue weighted by Crippen LogP contribution is 2.16. The fraction of sp³-hybridized carbons (Fsp3) is 0.316. The van der Waals surface area contributed by atoms with E-state index in [1.165, 1.54) is 11.1 Å². The van der Waals surface area contributed by atoms with E-state index in [0.717, 1.165) is 38.4 Å². The summed E-state index contributed by atoms with van der Waals surface area (Å²) in [6.45, 7) is 6.89. The van der Waals surface area contributed by atoms with Crippen LogP contribution in [0.25, 0.3) is 0 Å². The standard InChI is InChI=1S/C19H21N5/c1-16-4-2-3-5-18(16)15-23-10-12-24(13-11-23)22-21-19-8-6-17(14-20)7-9-19/h2-9H,10-13,15H2,1H3/b22-21+. The van der Waals surface area contributed by atoms with Gasteiger partial charge in [-0.3, -0.25) is 9.91 Å². The zero-order valence-corrected chi connectivity index (χ0v) is 13.9. The van der Waals surface area contributed by atoms with Gasteiger partial charge in [-0.25, -0.2) is 0 Å². The molecule has 24 heavy (non-hydrogen) atoms. The number of nitriles is 1. The van der Waals surface area contributed by atoms with Gasteiger partial charge in [0.15, 0.2) is 0 Å². The summed E-state index contributed by atoms with van der Waals surface area (Å²) in [5.74, 6) is 0. The molecule has 0 aromatic heterocycles. The minimum Gasteiger partial charge on any atom is -0.295 e. The number of aryl methyl sites for hydroxylation is 1. The molecule has 0 unspecified atom stereocenters. The number of hydrogen-bond acceptors (Lipinski definition) is 4. The van der Waals surface area contributed by atoms with Crippen molar-refractivity contribution in [1.82, 2.24) is 9.91 Å². The van der Waals surface area contributed by atoms with Crippen LogP contribution in [0.3, 0.4) is 0 Å². The largest absolute Gasteiger partial charge is 0.295 e. The number of piperazine rings is 1. The highest BCUT2D eigenvalue weighted by molar-refractivity contribution is 5.41. The second kappa shape index (κ2) is 7.71. The summed E-state index contributed by atoms with van der Waals surface area (Å²) in [4.78, 5) is 2.45. The molecule has 0 radical (unpaired) electrons. The molecule has 0 spiro atoms. The Balaban J connectivity index is 1.50. The highest BCUT2D eigenvalue weighted by atomic mass is 15.6. The maximum absolute atomic E-state index is 8.79. The van der Waals surface area contributed by atoms with E-state index < -0.39 is 0 Å². The summed E-state index contributed by atoms with van der Waals surface area (Å²) >= 11 is 0. The van der Waals surface area contributed by atoms with Crippen LogP contribution in [-0.4, -0.2) is 36.1 Å². The van der Waals surface area contributed by atoms with Gasteiger partial charge in [0.2, 0.25) is 0 Å². The molecule has 0 amide bonds. The molecule has 3 rings (SSSR count). The van der Waals surface area contributed by atoms with Crippen LogP contribution < -0.4 is 0 Å². The van der Waals surface area contributed by atoms with E-state index in [0.29, 0.717) is 5.56 Å². The van der Waals surface area contributed by atoms with E-state index in [9.17, 15) is 0 Å². The molecule has 1 saturated heterocycles. The van der Waals surface area contributed by atoms with Crippen molar-refractivity contribution in [1.29, 1.82) is 5.26 Å². The number of benzene rings is 2. The molecule has 0 aliphatic carbocycles. The van der Waals surface area contributed by atoms with Gasteiger partial charge in [-0.15, -0.1) is 5.11 Å². The molecular weight excluding hydrogens is 298 g/mol. The van der Waals surface area contributed by atoms with E-state index in [1.807, 2.05) is 17.1 Å².